The third-order valence-corrected chi connectivity index (χ3v) is 2.75. The quantitative estimate of drug-likeness (QED) is 0.765. The number of hydrogen-bond donors (Lipinski definition) is 0. The van der Waals surface area contributed by atoms with Gasteiger partial charge in [-0.25, -0.2) is 9.67 Å². The molecule has 1 aromatic heterocycles. The Kier molecular flexibility index (Phi) is 3.53. The van der Waals surface area contributed by atoms with E-state index in [1.165, 1.54) is 0 Å². The van der Waals surface area contributed by atoms with Gasteiger partial charge in [-0.3, -0.25) is 0 Å². The Morgan fingerprint density at radius 3 is 2.33 bits per heavy atom. The first-order chi connectivity index (χ1) is 6.88. The van der Waals surface area contributed by atoms with Crippen molar-refractivity contribution in [2.45, 2.75) is 59.4 Å². The topological polar surface area (TPSA) is 30.7 Å². The largest absolute Gasteiger partial charge is 0.246 e. The van der Waals surface area contributed by atoms with E-state index < -0.39 is 0 Å². The summed E-state index contributed by atoms with van der Waals surface area (Å²) in [7, 11) is 0. The molecule has 3 nitrogen and oxygen atoms in total. The molecule has 1 atom stereocenters. The Balaban J connectivity index is 3.09. The molecule has 0 aliphatic carbocycles. The molecule has 1 rings (SSSR count). The Labute approximate surface area is 92.9 Å². The Hall–Kier alpha value is -0.860. The van der Waals surface area contributed by atoms with E-state index in [4.69, 9.17) is 0 Å². The molecule has 0 aliphatic rings. The molecule has 0 radical (unpaired) electrons. The Morgan fingerprint density at radius 2 is 1.93 bits per heavy atom. The second-order valence-corrected chi connectivity index (χ2v) is 5.50. The third kappa shape index (κ3) is 2.58. The molecule has 15 heavy (non-hydrogen) atoms. The van der Waals surface area contributed by atoms with Crippen LogP contribution < -0.4 is 0 Å². The van der Waals surface area contributed by atoms with Gasteiger partial charge >= 0.3 is 0 Å². The number of rotatable bonds is 3. The molecule has 3 heteroatoms. The van der Waals surface area contributed by atoms with Crippen molar-refractivity contribution in [3.63, 3.8) is 0 Å². The van der Waals surface area contributed by atoms with Crippen molar-refractivity contribution in [3.8, 4) is 0 Å². The molecule has 0 saturated heterocycles. The summed E-state index contributed by atoms with van der Waals surface area (Å²) >= 11 is 0. The summed E-state index contributed by atoms with van der Waals surface area (Å²) in [5.41, 5.74) is 0.0683. The van der Waals surface area contributed by atoms with Gasteiger partial charge in [0.1, 0.15) is 12.2 Å². The minimum atomic E-state index is 0.0683. The Bertz CT molecular complexity index is 307. The van der Waals surface area contributed by atoms with E-state index in [0.29, 0.717) is 12.0 Å². The predicted octanol–water partition coefficient (Wildman–Crippen LogP) is 3.18. The summed E-state index contributed by atoms with van der Waals surface area (Å²) in [4.78, 5) is 4.39. The fourth-order valence-corrected chi connectivity index (χ4v) is 1.96. The van der Waals surface area contributed by atoms with E-state index in [1.54, 1.807) is 6.33 Å². The highest BCUT2D eigenvalue weighted by Crippen LogP contribution is 2.27. The fraction of sp³-hybridized carbons (Fsp3) is 0.833. The lowest BCUT2D eigenvalue weighted by Crippen LogP contribution is -2.25. The van der Waals surface area contributed by atoms with Crippen LogP contribution >= 0.6 is 0 Å². The zero-order valence-corrected chi connectivity index (χ0v) is 10.8. The third-order valence-electron chi connectivity index (χ3n) is 2.75. The van der Waals surface area contributed by atoms with Gasteiger partial charge in [0.15, 0.2) is 0 Å². The van der Waals surface area contributed by atoms with Crippen molar-refractivity contribution < 1.29 is 0 Å². The van der Waals surface area contributed by atoms with Crippen LogP contribution in [0.3, 0.4) is 0 Å². The maximum Gasteiger partial charge on any atom is 0.138 e. The van der Waals surface area contributed by atoms with Crippen molar-refractivity contribution in [2.24, 2.45) is 5.92 Å². The molecule has 1 aromatic rings. The molecule has 86 valence electrons. The lowest BCUT2D eigenvalue weighted by atomic mass is 9.94. The van der Waals surface area contributed by atoms with Crippen LogP contribution in [-0.2, 0) is 5.41 Å². The van der Waals surface area contributed by atoms with Gasteiger partial charge in [-0.1, -0.05) is 41.5 Å². The molecular weight excluding hydrogens is 186 g/mol. The highest BCUT2D eigenvalue weighted by Gasteiger charge is 2.25. The number of aromatic nitrogens is 3. The van der Waals surface area contributed by atoms with E-state index in [0.717, 1.165) is 12.2 Å². The summed E-state index contributed by atoms with van der Waals surface area (Å²) in [6.07, 6.45) is 2.77. The summed E-state index contributed by atoms with van der Waals surface area (Å²) in [6, 6.07) is 0.460. The highest BCUT2D eigenvalue weighted by atomic mass is 15.4. The first-order valence-corrected chi connectivity index (χ1v) is 5.78. The van der Waals surface area contributed by atoms with Crippen LogP contribution in [0.1, 0.15) is 59.8 Å². The molecule has 0 aliphatic heterocycles. The molecule has 0 bridgehead atoms. The first kappa shape index (κ1) is 12.2. The minimum absolute atomic E-state index is 0.0683. The first-order valence-electron chi connectivity index (χ1n) is 5.78. The maximum absolute atomic E-state index is 4.39. The predicted molar refractivity (Wildman–Crippen MR) is 62.9 cm³/mol. The summed E-state index contributed by atoms with van der Waals surface area (Å²) < 4.78 is 2.10. The molecule has 1 unspecified atom stereocenters. The second-order valence-electron chi connectivity index (χ2n) is 5.50. The van der Waals surface area contributed by atoms with Gasteiger partial charge in [0.25, 0.3) is 0 Å². The van der Waals surface area contributed by atoms with Gasteiger partial charge in [-0.2, -0.15) is 5.10 Å². The van der Waals surface area contributed by atoms with Crippen LogP contribution in [0, 0.1) is 5.92 Å². The lowest BCUT2D eigenvalue weighted by molar-refractivity contribution is 0.309. The zero-order chi connectivity index (χ0) is 11.6. The molecule has 1 heterocycles. The average molecular weight is 209 g/mol. The van der Waals surface area contributed by atoms with Gasteiger partial charge in [-0.15, -0.1) is 0 Å². The Morgan fingerprint density at radius 1 is 1.33 bits per heavy atom. The normalized spacial score (nSPS) is 14.6. The van der Waals surface area contributed by atoms with E-state index in [9.17, 15) is 0 Å². The second kappa shape index (κ2) is 4.33. The molecular formula is C12H23N3. The van der Waals surface area contributed by atoms with E-state index >= 15 is 0 Å². The van der Waals surface area contributed by atoms with Gasteiger partial charge in [0, 0.05) is 5.41 Å². The average Bonchev–Trinajstić information content (AvgIpc) is 2.52. The zero-order valence-electron chi connectivity index (χ0n) is 10.8. The maximum atomic E-state index is 4.39. The van der Waals surface area contributed by atoms with Crippen molar-refractivity contribution >= 4 is 0 Å². The van der Waals surface area contributed by atoms with Crippen LogP contribution in [0.25, 0.3) is 0 Å². The van der Waals surface area contributed by atoms with Gasteiger partial charge in [0.05, 0.1) is 6.04 Å². The van der Waals surface area contributed by atoms with Crippen LogP contribution in [-0.4, -0.2) is 14.8 Å². The molecule has 0 spiro atoms. The van der Waals surface area contributed by atoms with Crippen LogP contribution in [0.5, 0.6) is 0 Å². The summed E-state index contributed by atoms with van der Waals surface area (Å²) in [5, 5.41) is 4.38. The molecule has 0 aromatic carbocycles. The van der Waals surface area contributed by atoms with E-state index in [2.05, 4.69) is 56.3 Å². The van der Waals surface area contributed by atoms with Crippen molar-refractivity contribution in [2.75, 3.05) is 0 Å². The fourth-order valence-electron chi connectivity index (χ4n) is 1.96. The van der Waals surface area contributed by atoms with Crippen LogP contribution in [0.4, 0.5) is 0 Å². The molecule has 0 N–H and O–H groups in total. The van der Waals surface area contributed by atoms with E-state index in [1.807, 2.05) is 0 Å². The van der Waals surface area contributed by atoms with Crippen molar-refractivity contribution in [1.29, 1.82) is 0 Å². The highest BCUT2D eigenvalue weighted by molar-refractivity contribution is 5.02. The van der Waals surface area contributed by atoms with Gasteiger partial charge in [0.2, 0.25) is 0 Å². The van der Waals surface area contributed by atoms with Crippen molar-refractivity contribution in [3.05, 3.63) is 12.2 Å². The number of hydrogen-bond acceptors (Lipinski definition) is 2. The molecule has 0 saturated carbocycles. The summed E-state index contributed by atoms with van der Waals surface area (Å²) in [6.45, 7) is 13.2. The standard InChI is InChI=1S/C12H23N3/c1-7-10(9(2)3)15-11(12(4,5)6)13-8-14-15/h8-10H,7H2,1-6H3. The van der Waals surface area contributed by atoms with Crippen LogP contribution in [0.15, 0.2) is 6.33 Å². The van der Waals surface area contributed by atoms with Gasteiger partial charge < -0.3 is 0 Å². The SMILES string of the molecule is CCC(C(C)C)n1ncnc1C(C)(C)C. The van der Waals surface area contributed by atoms with Crippen LogP contribution in [0.2, 0.25) is 0 Å². The smallest absolute Gasteiger partial charge is 0.138 e. The van der Waals surface area contributed by atoms with Crippen molar-refractivity contribution in [1.82, 2.24) is 14.8 Å². The molecule has 0 fully saturated rings. The molecule has 0 amide bonds. The summed E-state index contributed by atoms with van der Waals surface area (Å²) in [5.74, 6) is 1.68. The van der Waals surface area contributed by atoms with E-state index in [-0.39, 0.29) is 5.41 Å². The lowest BCUT2D eigenvalue weighted by Gasteiger charge is -2.26. The minimum Gasteiger partial charge on any atom is -0.246 e. The monoisotopic (exact) mass is 209 g/mol. The number of nitrogens with zero attached hydrogens (tertiary/aromatic N) is 3. The van der Waals surface area contributed by atoms with Gasteiger partial charge in [-0.05, 0) is 12.3 Å².